The molecular formula is CH6BNO4S. The maximum atomic E-state index is 10.0. The third kappa shape index (κ3) is 5.89. The highest BCUT2D eigenvalue weighted by atomic mass is 32.2. The molecule has 0 radical (unpaired) electrons. The number of rotatable bonds is 2. The molecule has 0 aliphatic carbocycles. The van der Waals surface area contributed by atoms with Crippen LogP contribution in [0.3, 0.4) is 0 Å². The van der Waals surface area contributed by atoms with E-state index in [1.54, 1.807) is 0 Å². The Labute approximate surface area is 47.6 Å². The minimum absolute atomic E-state index is 0.826. The Bertz CT molecular complexity index is 149. The topological polar surface area (TPSA) is 86.6 Å². The van der Waals surface area contributed by atoms with E-state index >= 15 is 0 Å². The van der Waals surface area contributed by atoms with E-state index in [-0.39, 0.29) is 0 Å². The van der Waals surface area contributed by atoms with Gasteiger partial charge in [0.1, 0.15) is 0 Å². The first kappa shape index (κ1) is 7.89. The zero-order valence-electron chi connectivity index (χ0n) is 4.20. The van der Waals surface area contributed by atoms with Crippen molar-refractivity contribution in [3.05, 3.63) is 0 Å². The third-order valence-electron chi connectivity index (χ3n) is 0.319. The minimum Gasteiger partial charge on any atom is -0.412 e. The Morgan fingerprint density at radius 1 is 1.50 bits per heavy atom. The van der Waals surface area contributed by atoms with Crippen molar-refractivity contribution in [3.8, 4) is 0 Å². The monoisotopic (exact) mass is 139 g/mol. The molecule has 0 bridgehead atoms. The summed E-state index contributed by atoms with van der Waals surface area (Å²) in [7, 11) is -5.47. The van der Waals surface area contributed by atoms with Crippen LogP contribution in [0, 0.1) is 0 Å². The fraction of sp³-hybridized carbons (Fsp3) is 1.00. The quantitative estimate of drug-likeness (QED) is 0.369. The summed E-state index contributed by atoms with van der Waals surface area (Å²) in [5.74, 6) is 0. The zero-order valence-corrected chi connectivity index (χ0v) is 5.01. The largest absolute Gasteiger partial charge is 0.563 e. The van der Waals surface area contributed by atoms with Crippen molar-refractivity contribution in [2.75, 3.05) is 6.26 Å². The standard InChI is InChI=1S/CH6BNO4S/c1-8(6,7)3-2(4)5/h3-5H,1H3. The van der Waals surface area contributed by atoms with Crippen molar-refractivity contribution in [1.29, 1.82) is 0 Å². The predicted molar refractivity (Wildman–Crippen MR) is 28.2 cm³/mol. The molecule has 0 heterocycles. The zero-order chi connectivity index (χ0) is 6.78. The second kappa shape index (κ2) is 2.45. The van der Waals surface area contributed by atoms with Gasteiger partial charge in [-0.1, -0.05) is 0 Å². The van der Waals surface area contributed by atoms with Crippen LogP contribution in [0.2, 0.25) is 0 Å². The van der Waals surface area contributed by atoms with E-state index in [2.05, 4.69) is 0 Å². The molecule has 48 valence electrons. The molecule has 0 saturated carbocycles. The highest BCUT2D eigenvalue weighted by molar-refractivity contribution is 7.89. The Hall–Kier alpha value is -0.105. The molecule has 0 unspecified atom stereocenters. The Morgan fingerprint density at radius 3 is 1.88 bits per heavy atom. The molecule has 0 aliphatic rings. The van der Waals surface area contributed by atoms with Gasteiger partial charge in [-0.05, 0) is 0 Å². The lowest BCUT2D eigenvalue weighted by atomic mass is 10.2. The third-order valence-corrected chi connectivity index (χ3v) is 0.958. The van der Waals surface area contributed by atoms with Gasteiger partial charge in [0, 0.05) is 0 Å². The molecule has 0 rings (SSSR count). The van der Waals surface area contributed by atoms with Gasteiger partial charge in [-0.3, -0.25) is 0 Å². The van der Waals surface area contributed by atoms with E-state index in [0.717, 1.165) is 6.26 Å². The summed E-state index contributed by atoms with van der Waals surface area (Å²) in [5.41, 5.74) is 0. The molecule has 7 heteroatoms. The van der Waals surface area contributed by atoms with Crippen molar-refractivity contribution in [1.82, 2.24) is 4.63 Å². The number of nitrogens with one attached hydrogen (secondary N) is 1. The van der Waals surface area contributed by atoms with Gasteiger partial charge in [-0.2, -0.15) is 4.63 Å². The van der Waals surface area contributed by atoms with Gasteiger partial charge in [0.05, 0.1) is 6.26 Å². The van der Waals surface area contributed by atoms with Crippen molar-refractivity contribution in [2.45, 2.75) is 0 Å². The van der Waals surface area contributed by atoms with Gasteiger partial charge >= 0.3 is 7.25 Å². The SMILES string of the molecule is CS(=O)(=O)NB(O)O. The molecular weight excluding hydrogens is 133 g/mol. The van der Waals surface area contributed by atoms with E-state index in [0.29, 0.717) is 0 Å². The fourth-order valence-electron chi connectivity index (χ4n) is 0.191. The average Bonchev–Trinajstić information content (AvgIpc) is 1.21. The summed E-state index contributed by atoms with van der Waals surface area (Å²) in [6, 6.07) is 0. The van der Waals surface area contributed by atoms with E-state index < -0.39 is 17.3 Å². The van der Waals surface area contributed by atoms with Crippen molar-refractivity contribution < 1.29 is 18.5 Å². The van der Waals surface area contributed by atoms with E-state index in [1.807, 2.05) is 0 Å². The number of sulfonamides is 1. The lowest BCUT2D eigenvalue weighted by Gasteiger charge is -1.95. The molecule has 3 N–H and O–H groups in total. The summed E-state index contributed by atoms with van der Waals surface area (Å²) in [6.45, 7) is 0. The molecule has 0 saturated heterocycles. The Morgan fingerprint density at radius 2 is 1.88 bits per heavy atom. The van der Waals surface area contributed by atoms with Crippen LogP contribution in [-0.4, -0.2) is 32.0 Å². The smallest absolute Gasteiger partial charge is 0.412 e. The molecule has 8 heavy (non-hydrogen) atoms. The first-order valence-electron chi connectivity index (χ1n) is 1.75. The first-order valence-corrected chi connectivity index (χ1v) is 3.64. The van der Waals surface area contributed by atoms with E-state index in [4.69, 9.17) is 10.0 Å². The molecule has 5 nitrogen and oxygen atoms in total. The van der Waals surface area contributed by atoms with Crippen LogP contribution < -0.4 is 4.63 Å². The van der Waals surface area contributed by atoms with Gasteiger partial charge in [-0.15, -0.1) is 0 Å². The highest BCUT2D eigenvalue weighted by Gasteiger charge is 2.12. The minimum atomic E-state index is -3.47. The van der Waals surface area contributed by atoms with Gasteiger partial charge < -0.3 is 10.0 Å². The molecule has 0 amide bonds. The molecule has 0 aromatic carbocycles. The van der Waals surface area contributed by atoms with Crippen LogP contribution in [0.5, 0.6) is 0 Å². The van der Waals surface area contributed by atoms with E-state index in [1.165, 1.54) is 4.63 Å². The van der Waals surface area contributed by atoms with Crippen molar-refractivity contribution in [2.24, 2.45) is 0 Å². The van der Waals surface area contributed by atoms with Crippen LogP contribution in [0.4, 0.5) is 0 Å². The fourth-order valence-corrected chi connectivity index (χ4v) is 0.574. The summed E-state index contributed by atoms with van der Waals surface area (Å²) in [5, 5.41) is 15.9. The molecule has 0 aromatic heterocycles. The normalized spacial score (nSPS) is 11.4. The lowest BCUT2D eigenvalue weighted by Crippen LogP contribution is -2.37. The van der Waals surface area contributed by atoms with Gasteiger partial charge in [0.2, 0.25) is 10.0 Å². The first-order chi connectivity index (χ1) is 3.42. The van der Waals surface area contributed by atoms with E-state index in [9.17, 15) is 8.42 Å². The maximum Gasteiger partial charge on any atom is 0.563 e. The summed E-state index contributed by atoms with van der Waals surface area (Å²) >= 11 is 0. The van der Waals surface area contributed by atoms with Gasteiger partial charge in [0.15, 0.2) is 0 Å². The van der Waals surface area contributed by atoms with Crippen LogP contribution in [-0.2, 0) is 10.0 Å². The molecule has 0 aliphatic heterocycles. The van der Waals surface area contributed by atoms with Crippen molar-refractivity contribution in [3.63, 3.8) is 0 Å². The number of hydrogen-bond donors (Lipinski definition) is 3. The predicted octanol–water partition coefficient (Wildman–Crippen LogP) is -2.49. The maximum absolute atomic E-state index is 10.0. The second-order valence-electron chi connectivity index (χ2n) is 1.26. The van der Waals surface area contributed by atoms with Crippen LogP contribution in [0.25, 0.3) is 0 Å². The Balaban J connectivity index is 3.75. The molecule has 0 atom stereocenters. The van der Waals surface area contributed by atoms with Gasteiger partial charge in [-0.25, -0.2) is 8.42 Å². The second-order valence-corrected chi connectivity index (χ2v) is 3.04. The van der Waals surface area contributed by atoms with Crippen molar-refractivity contribution >= 4 is 17.3 Å². The summed E-state index contributed by atoms with van der Waals surface area (Å²) < 4.78 is 21.5. The lowest BCUT2D eigenvalue weighted by molar-refractivity contribution is 0.400. The van der Waals surface area contributed by atoms with Crippen LogP contribution in [0.15, 0.2) is 0 Å². The average molecular weight is 139 g/mol. The molecule has 0 aromatic rings. The summed E-state index contributed by atoms with van der Waals surface area (Å²) in [4.78, 5) is 0. The van der Waals surface area contributed by atoms with Crippen LogP contribution >= 0.6 is 0 Å². The van der Waals surface area contributed by atoms with Gasteiger partial charge in [0.25, 0.3) is 0 Å². The number of hydrogen-bond acceptors (Lipinski definition) is 4. The van der Waals surface area contributed by atoms with Crippen LogP contribution in [0.1, 0.15) is 0 Å². The molecule has 0 fully saturated rings. The molecule has 0 spiro atoms. The Kier molecular flexibility index (Phi) is 2.42. The summed E-state index contributed by atoms with van der Waals surface area (Å²) in [6.07, 6.45) is 0.826. The highest BCUT2D eigenvalue weighted by Crippen LogP contribution is 1.70.